The van der Waals surface area contributed by atoms with Gasteiger partial charge in [-0.1, -0.05) is 44.2 Å². The number of carbonyl (C=O) groups excluding carboxylic acids is 1. The molecule has 250 valence electrons. The van der Waals surface area contributed by atoms with Crippen LogP contribution in [0.25, 0.3) is 0 Å². The number of anilines is 2. The van der Waals surface area contributed by atoms with Crippen molar-refractivity contribution in [1.29, 1.82) is 0 Å². The van der Waals surface area contributed by atoms with E-state index in [0.717, 1.165) is 69.3 Å². The number of amides is 1. The van der Waals surface area contributed by atoms with Crippen molar-refractivity contribution in [1.82, 2.24) is 0 Å². The van der Waals surface area contributed by atoms with Crippen LogP contribution >= 0.6 is 0 Å². The van der Waals surface area contributed by atoms with Gasteiger partial charge in [0.2, 0.25) is 11.6 Å². The van der Waals surface area contributed by atoms with Crippen LogP contribution in [-0.4, -0.2) is 52.4 Å². The Labute approximate surface area is 287 Å². The van der Waals surface area contributed by atoms with Gasteiger partial charge in [0.1, 0.15) is 7.05 Å². The van der Waals surface area contributed by atoms with E-state index in [1.165, 1.54) is 0 Å². The van der Waals surface area contributed by atoms with Crippen LogP contribution in [0.15, 0.2) is 114 Å². The number of hydrogen-bond acceptors (Lipinski definition) is 4. The number of para-hydroxylation sites is 1. The lowest BCUT2D eigenvalue weighted by Gasteiger charge is -2.26. The average molecular weight is 657 g/mol. The lowest BCUT2D eigenvalue weighted by Crippen LogP contribution is -2.29. The predicted molar refractivity (Wildman–Crippen MR) is 193 cm³/mol. The summed E-state index contributed by atoms with van der Waals surface area (Å²) < 4.78 is 2.11. The van der Waals surface area contributed by atoms with Crippen molar-refractivity contribution in [3.8, 4) is 0 Å². The van der Waals surface area contributed by atoms with Crippen molar-refractivity contribution < 1.29 is 29.2 Å². The van der Waals surface area contributed by atoms with E-state index in [1.54, 1.807) is 36.1 Å². The van der Waals surface area contributed by atoms with Gasteiger partial charge in [-0.3, -0.25) is 9.69 Å². The summed E-state index contributed by atoms with van der Waals surface area (Å²) in [5, 5.41) is 19.3. The van der Waals surface area contributed by atoms with Gasteiger partial charge in [-0.25, -0.2) is 9.59 Å². The van der Waals surface area contributed by atoms with Gasteiger partial charge < -0.3 is 15.1 Å². The number of carbonyl (C=O) groups is 3. The number of fused-ring (bicyclic) bond motifs is 2. The van der Waals surface area contributed by atoms with Crippen molar-refractivity contribution >= 4 is 40.6 Å². The molecule has 1 amide bonds. The third-order valence-corrected chi connectivity index (χ3v) is 10.3. The number of hydrogen-bond donors (Lipinski definition) is 2. The summed E-state index contributed by atoms with van der Waals surface area (Å²) in [7, 11) is 4.00. The molecule has 2 aliphatic heterocycles. The molecule has 2 heterocycles. The number of carboxylic acid groups (broad SMARTS) is 2. The van der Waals surface area contributed by atoms with Crippen molar-refractivity contribution in [3.63, 3.8) is 0 Å². The molecular formula is C41H42N3O5+. The van der Waals surface area contributed by atoms with Crippen LogP contribution in [0.5, 0.6) is 0 Å². The molecule has 0 fully saturated rings. The minimum absolute atomic E-state index is 0.0981. The Kier molecular flexibility index (Phi) is 8.31. The van der Waals surface area contributed by atoms with E-state index in [4.69, 9.17) is 0 Å². The Morgan fingerprint density at radius 3 is 2.08 bits per heavy atom. The molecule has 3 aliphatic rings. The third-order valence-electron chi connectivity index (χ3n) is 10.3. The fraction of sp³-hybridized carbons (Fsp3) is 0.268. The zero-order chi connectivity index (χ0) is 35.4. The van der Waals surface area contributed by atoms with Crippen LogP contribution in [0.1, 0.15) is 79.3 Å². The van der Waals surface area contributed by atoms with E-state index < -0.39 is 22.8 Å². The van der Waals surface area contributed by atoms with Gasteiger partial charge in [-0.15, -0.1) is 0 Å². The lowest BCUT2D eigenvalue weighted by molar-refractivity contribution is -0.401. The normalized spacial score (nSPS) is 19.3. The molecule has 0 radical (unpaired) electrons. The highest BCUT2D eigenvalue weighted by Crippen LogP contribution is 2.48. The predicted octanol–water partition coefficient (Wildman–Crippen LogP) is 7.98. The molecule has 2 N–H and O–H groups in total. The Morgan fingerprint density at radius 1 is 0.816 bits per heavy atom. The first-order valence-corrected chi connectivity index (χ1v) is 16.4. The molecular weight excluding hydrogens is 614 g/mol. The number of nitrogens with zero attached hydrogens (tertiary/aromatic N) is 3. The zero-order valence-corrected chi connectivity index (χ0v) is 29.0. The number of aromatic carboxylic acids is 2. The summed E-state index contributed by atoms with van der Waals surface area (Å²) in [6.45, 7) is 9.99. The van der Waals surface area contributed by atoms with Crippen LogP contribution in [0.4, 0.5) is 17.1 Å². The molecule has 0 spiro atoms. The Bertz CT molecular complexity index is 2080. The summed E-state index contributed by atoms with van der Waals surface area (Å²) in [5.74, 6) is -2.00. The van der Waals surface area contributed by atoms with Crippen LogP contribution < -0.4 is 9.80 Å². The second-order valence-electron chi connectivity index (χ2n) is 14.0. The second kappa shape index (κ2) is 12.2. The Hall–Kier alpha value is -5.50. The van der Waals surface area contributed by atoms with Crippen LogP contribution in [0.2, 0.25) is 0 Å². The monoisotopic (exact) mass is 656 g/mol. The average Bonchev–Trinajstić information content (AvgIpc) is 3.60. The van der Waals surface area contributed by atoms with Gasteiger partial charge in [-0.05, 0) is 91.9 Å². The van der Waals surface area contributed by atoms with Gasteiger partial charge in [0, 0.05) is 54.2 Å². The summed E-state index contributed by atoms with van der Waals surface area (Å²) in [6.07, 6.45) is 9.87. The van der Waals surface area contributed by atoms with E-state index >= 15 is 0 Å². The number of likely N-dealkylation sites (N-methyl/N-ethyl adjacent to an activating group) is 1. The smallest absolute Gasteiger partial charge is 0.335 e. The highest BCUT2D eigenvalue weighted by Gasteiger charge is 2.44. The van der Waals surface area contributed by atoms with Crippen LogP contribution in [0.3, 0.4) is 0 Å². The van der Waals surface area contributed by atoms with Crippen LogP contribution in [0, 0.1) is 0 Å². The maximum atomic E-state index is 13.4. The minimum Gasteiger partial charge on any atom is -0.478 e. The Morgan fingerprint density at radius 2 is 1.45 bits per heavy atom. The lowest BCUT2D eigenvalue weighted by atomic mass is 9.80. The zero-order valence-electron chi connectivity index (χ0n) is 29.0. The van der Waals surface area contributed by atoms with Gasteiger partial charge >= 0.3 is 11.9 Å². The second-order valence-corrected chi connectivity index (χ2v) is 14.0. The SMILES string of the molecule is CC(=O)N(C1=C(C=CC2=[N+](C)c3ccc(C(=O)O)cc3C2(C)C)CCC1=CC=C1N(C)c2ccc(C(=O)O)cc2C1(C)C)c1ccccc1. The van der Waals surface area contributed by atoms with Crippen molar-refractivity contribution in [2.24, 2.45) is 0 Å². The first-order valence-electron chi connectivity index (χ1n) is 16.4. The Balaban J connectivity index is 1.45. The molecule has 0 bridgehead atoms. The van der Waals surface area contributed by atoms with E-state index in [0.29, 0.717) is 0 Å². The summed E-state index contributed by atoms with van der Waals surface area (Å²) in [6, 6.07) is 20.2. The first kappa shape index (κ1) is 33.4. The molecule has 0 saturated heterocycles. The minimum atomic E-state index is -0.952. The van der Waals surface area contributed by atoms with Crippen molar-refractivity contribution in [2.45, 2.75) is 58.3 Å². The molecule has 8 heteroatoms. The fourth-order valence-corrected chi connectivity index (χ4v) is 7.67. The molecule has 0 aromatic heterocycles. The molecule has 0 atom stereocenters. The highest BCUT2D eigenvalue weighted by molar-refractivity contribution is 6.04. The number of carboxylic acids is 2. The maximum absolute atomic E-state index is 13.4. The number of rotatable bonds is 7. The van der Waals surface area contributed by atoms with E-state index in [2.05, 4.69) is 61.5 Å². The van der Waals surface area contributed by atoms with Gasteiger partial charge in [0.15, 0.2) is 5.71 Å². The summed E-state index contributed by atoms with van der Waals surface area (Å²) in [4.78, 5) is 40.8. The van der Waals surface area contributed by atoms with E-state index in [-0.39, 0.29) is 17.0 Å². The molecule has 0 saturated carbocycles. The third kappa shape index (κ3) is 5.61. The number of benzene rings is 3. The summed E-state index contributed by atoms with van der Waals surface area (Å²) >= 11 is 0. The summed E-state index contributed by atoms with van der Waals surface area (Å²) in [5.41, 5.74) is 9.22. The molecule has 1 aliphatic carbocycles. The molecule has 8 nitrogen and oxygen atoms in total. The molecule has 3 aromatic carbocycles. The topological polar surface area (TPSA) is 101 Å². The van der Waals surface area contributed by atoms with E-state index in [1.807, 2.05) is 56.6 Å². The van der Waals surface area contributed by atoms with Gasteiger partial charge in [0.05, 0.1) is 22.2 Å². The quantitative estimate of drug-likeness (QED) is 0.250. The van der Waals surface area contributed by atoms with Gasteiger partial charge in [-0.2, -0.15) is 4.58 Å². The number of allylic oxidation sites excluding steroid dienone is 7. The first-order chi connectivity index (χ1) is 23.1. The van der Waals surface area contributed by atoms with Crippen molar-refractivity contribution in [2.75, 3.05) is 23.9 Å². The molecule has 0 unspecified atom stereocenters. The van der Waals surface area contributed by atoms with E-state index in [9.17, 15) is 24.6 Å². The highest BCUT2D eigenvalue weighted by atomic mass is 16.4. The largest absolute Gasteiger partial charge is 0.478 e. The molecule has 49 heavy (non-hydrogen) atoms. The van der Waals surface area contributed by atoms with Crippen LogP contribution in [-0.2, 0) is 15.6 Å². The standard InChI is InChI=1S/C41H41N3O5/c1-25(45)44(30-11-9-8-10-12-30)37-26(17-21-35-40(2,3)31-23-28(38(46)47)15-19-33(31)42(35)6)13-14-27(37)18-22-36-41(4,5)32-24-29(39(48)49)16-20-34(32)43(36)7/h8-12,15-24H,13-14H2,1-7H3,(H-,46,47,48,49)/p+1. The van der Waals surface area contributed by atoms with Gasteiger partial charge in [0.25, 0.3) is 0 Å². The van der Waals surface area contributed by atoms with Crippen molar-refractivity contribution in [3.05, 3.63) is 136 Å². The maximum Gasteiger partial charge on any atom is 0.335 e. The molecule has 6 rings (SSSR count). The molecule has 3 aromatic rings. The fourth-order valence-electron chi connectivity index (χ4n) is 7.67.